The number of hydrogen-bond donors (Lipinski definition) is 1. The number of nitrogens with one attached hydrogen (secondary N) is 1. The van der Waals surface area contributed by atoms with Crippen molar-refractivity contribution < 1.29 is 13.7 Å². The predicted molar refractivity (Wildman–Crippen MR) is 106 cm³/mol. The van der Waals surface area contributed by atoms with Gasteiger partial charge in [0.25, 0.3) is 0 Å². The van der Waals surface area contributed by atoms with Gasteiger partial charge in [-0.3, -0.25) is 4.79 Å². The lowest BCUT2D eigenvalue weighted by Crippen LogP contribution is -2.13. The average molecular weight is 428 g/mol. The van der Waals surface area contributed by atoms with Gasteiger partial charge in [0.2, 0.25) is 17.6 Å². The van der Waals surface area contributed by atoms with Crippen molar-refractivity contribution >= 4 is 23.2 Å². The van der Waals surface area contributed by atoms with Crippen molar-refractivity contribution in [1.82, 2.24) is 30.3 Å². The van der Waals surface area contributed by atoms with Gasteiger partial charge in [0.1, 0.15) is 11.5 Å². The Balaban J connectivity index is 1.39. The molecule has 0 aliphatic heterocycles. The molecule has 4 rings (SSSR count). The molecule has 1 N–H and O–H groups in total. The predicted octanol–water partition coefficient (Wildman–Crippen LogP) is 3.38. The highest BCUT2D eigenvalue weighted by Gasteiger charge is 2.14. The van der Waals surface area contributed by atoms with E-state index in [9.17, 15) is 9.18 Å². The number of carbonyl (C=O) groups is 1. The van der Waals surface area contributed by atoms with Crippen molar-refractivity contribution in [1.29, 1.82) is 0 Å². The van der Waals surface area contributed by atoms with Crippen molar-refractivity contribution in [3.8, 4) is 17.1 Å². The smallest absolute Gasteiger partial charge is 0.227 e. The molecule has 0 atom stereocenters. The van der Waals surface area contributed by atoms with E-state index in [2.05, 4.69) is 31.0 Å². The number of anilines is 1. The zero-order valence-corrected chi connectivity index (χ0v) is 16.5. The van der Waals surface area contributed by atoms with Gasteiger partial charge in [-0.25, -0.2) is 4.39 Å². The number of tetrazole rings is 1. The summed E-state index contributed by atoms with van der Waals surface area (Å²) in [6.07, 6.45) is 0.367. The zero-order chi connectivity index (χ0) is 21.1. The molecule has 0 bridgehead atoms. The van der Waals surface area contributed by atoms with Crippen LogP contribution in [0.5, 0.6) is 0 Å². The Morgan fingerprint density at radius 2 is 2.03 bits per heavy atom. The normalized spacial score (nSPS) is 10.9. The maximum atomic E-state index is 14.1. The first-order valence-electron chi connectivity index (χ1n) is 8.93. The Hall–Kier alpha value is -3.66. The van der Waals surface area contributed by atoms with Gasteiger partial charge in [-0.2, -0.15) is 9.67 Å². The van der Waals surface area contributed by atoms with Crippen LogP contribution >= 0.6 is 11.6 Å². The highest BCUT2D eigenvalue weighted by molar-refractivity contribution is 6.30. The zero-order valence-electron chi connectivity index (χ0n) is 15.7. The molecule has 4 aromatic rings. The van der Waals surface area contributed by atoms with Crippen molar-refractivity contribution in [2.24, 2.45) is 0 Å². The van der Waals surface area contributed by atoms with Crippen LogP contribution in [0, 0.1) is 12.7 Å². The summed E-state index contributed by atoms with van der Waals surface area (Å²) < 4.78 is 20.6. The van der Waals surface area contributed by atoms with Crippen molar-refractivity contribution in [2.75, 3.05) is 5.32 Å². The van der Waals surface area contributed by atoms with Crippen LogP contribution in [0.25, 0.3) is 17.1 Å². The molecule has 0 saturated carbocycles. The van der Waals surface area contributed by atoms with Crippen LogP contribution in [0.2, 0.25) is 5.02 Å². The number of hydrogen-bond acceptors (Lipinski definition) is 7. The van der Waals surface area contributed by atoms with Crippen LogP contribution in [-0.4, -0.2) is 36.3 Å². The summed E-state index contributed by atoms with van der Waals surface area (Å²) in [5.74, 6) is 0.378. The number of amides is 1. The van der Waals surface area contributed by atoms with Gasteiger partial charge in [0, 0.05) is 29.1 Å². The van der Waals surface area contributed by atoms with Gasteiger partial charge in [-0.15, -0.1) is 5.10 Å². The van der Waals surface area contributed by atoms with Gasteiger partial charge in [-0.05, 0) is 59.8 Å². The molecule has 11 heteroatoms. The van der Waals surface area contributed by atoms with Crippen LogP contribution in [0.15, 0.2) is 47.0 Å². The maximum Gasteiger partial charge on any atom is 0.227 e. The highest BCUT2D eigenvalue weighted by Crippen LogP contribution is 2.20. The second-order valence-corrected chi connectivity index (χ2v) is 6.81. The van der Waals surface area contributed by atoms with Crippen LogP contribution in [-0.2, 0) is 11.2 Å². The van der Waals surface area contributed by atoms with Crippen molar-refractivity contribution in [2.45, 2.75) is 19.8 Å². The van der Waals surface area contributed by atoms with Gasteiger partial charge in [0.15, 0.2) is 5.82 Å². The average Bonchev–Trinajstić information content (AvgIpc) is 3.38. The number of benzene rings is 2. The molecule has 0 radical (unpaired) electrons. The minimum Gasteiger partial charge on any atom is -0.339 e. The quantitative estimate of drug-likeness (QED) is 0.502. The van der Waals surface area contributed by atoms with E-state index < -0.39 is 5.82 Å². The Kier molecular flexibility index (Phi) is 5.48. The summed E-state index contributed by atoms with van der Waals surface area (Å²) in [5, 5.41) is 18.2. The third-order valence-corrected chi connectivity index (χ3v) is 4.47. The molecule has 0 saturated heterocycles. The first kappa shape index (κ1) is 19.6. The summed E-state index contributed by atoms with van der Waals surface area (Å²) in [7, 11) is 0. The Morgan fingerprint density at radius 1 is 1.23 bits per heavy atom. The van der Waals surface area contributed by atoms with Crippen LogP contribution in [0.4, 0.5) is 10.1 Å². The lowest BCUT2D eigenvalue weighted by molar-refractivity contribution is -0.116. The van der Waals surface area contributed by atoms with Crippen LogP contribution in [0.3, 0.4) is 0 Å². The maximum absolute atomic E-state index is 14.1. The number of halogens is 2. The molecule has 9 nitrogen and oxygen atoms in total. The second kappa shape index (κ2) is 8.37. The standard InChI is InChI=1S/C19H15ClFN7O2/c1-11-24-26-27-28(11)16-10-14(6-7-15(16)21)22-17(29)8-9-18-23-19(25-30-18)12-2-4-13(20)5-3-12/h2-7,10H,8-9H2,1H3,(H,22,29). The Bertz CT molecular complexity index is 1190. The summed E-state index contributed by atoms with van der Waals surface area (Å²) in [4.78, 5) is 16.6. The molecular formula is C19H15ClFN7O2. The molecule has 30 heavy (non-hydrogen) atoms. The molecule has 0 aliphatic rings. The monoisotopic (exact) mass is 427 g/mol. The van der Waals surface area contributed by atoms with E-state index in [4.69, 9.17) is 16.1 Å². The molecule has 0 aliphatic carbocycles. The number of nitrogens with zero attached hydrogens (tertiary/aromatic N) is 6. The SMILES string of the molecule is Cc1nnnn1-c1cc(NC(=O)CCc2nc(-c3ccc(Cl)cc3)no2)ccc1F. The Morgan fingerprint density at radius 3 is 2.77 bits per heavy atom. The number of carbonyl (C=O) groups excluding carboxylic acids is 1. The number of aryl methyl sites for hydroxylation is 2. The second-order valence-electron chi connectivity index (χ2n) is 6.37. The van der Waals surface area contributed by atoms with Gasteiger partial charge < -0.3 is 9.84 Å². The molecule has 0 spiro atoms. The van der Waals surface area contributed by atoms with E-state index in [0.29, 0.717) is 28.2 Å². The van der Waals surface area contributed by atoms with Crippen LogP contribution < -0.4 is 5.32 Å². The van der Waals surface area contributed by atoms with E-state index >= 15 is 0 Å². The molecule has 0 unspecified atom stereocenters. The lowest BCUT2D eigenvalue weighted by atomic mass is 10.2. The molecule has 1 amide bonds. The Labute approximate surface area is 174 Å². The fraction of sp³-hybridized carbons (Fsp3) is 0.158. The van der Waals surface area contributed by atoms with E-state index in [1.807, 2.05) is 0 Å². The molecule has 0 fully saturated rings. The van der Waals surface area contributed by atoms with E-state index in [-0.39, 0.29) is 24.4 Å². The first-order valence-corrected chi connectivity index (χ1v) is 9.30. The fourth-order valence-electron chi connectivity index (χ4n) is 2.72. The number of rotatable bonds is 6. The minimum absolute atomic E-state index is 0.110. The lowest BCUT2D eigenvalue weighted by Gasteiger charge is -2.08. The largest absolute Gasteiger partial charge is 0.339 e. The van der Waals surface area contributed by atoms with Crippen LogP contribution in [0.1, 0.15) is 18.1 Å². The van der Waals surface area contributed by atoms with Gasteiger partial charge in [-0.1, -0.05) is 16.8 Å². The third-order valence-electron chi connectivity index (χ3n) is 4.22. The van der Waals surface area contributed by atoms with Crippen molar-refractivity contribution in [3.05, 3.63) is 65.0 Å². The highest BCUT2D eigenvalue weighted by atomic mass is 35.5. The van der Waals surface area contributed by atoms with Gasteiger partial charge in [0.05, 0.1) is 0 Å². The summed E-state index contributed by atoms with van der Waals surface area (Å²) in [6.45, 7) is 1.65. The summed E-state index contributed by atoms with van der Waals surface area (Å²) in [5.41, 5.74) is 1.31. The van der Waals surface area contributed by atoms with Gasteiger partial charge >= 0.3 is 0 Å². The fourth-order valence-corrected chi connectivity index (χ4v) is 2.85. The molecule has 2 aromatic carbocycles. The molecule has 2 heterocycles. The van der Waals surface area contributed by atoms with E-state index in [1.54, 1.807) is 31.2 Å². The van der Waals surface area contributed by atoms with E-state index in [1.165, 1.54) is 22.9 Å². The third kappa shape index (κ3) is 4.33. The summed E-state index contributed by atoms with van der Waals surface area (Å²) >= 11 is 5.87. The topological polar surface area (TPSA) is 112 Å². The summed E-state index contributed by atoms with van der Waals surface area (Å²) in [6, 6.07) is 11.2. The molecular weight excluding hydrogens is 413 g/mol. The van der Waals surface area contributed by atoms with Crippen molar-refractivity contribution in [3.63, 3.8) is 0 Å². The molecule has 2 aromatic heterocycles. The first-order chi connectivity index (χ1) is 14.5. The molecule has 152 valence electrons. The minimum atomic E-state index is -0.510. The van der Waals surface area contributed by atoms with E-state index in [0.717, 1.165) is 5.56 Å². The number of aromatic nitrogens is 6.